The highest BCUT2D eigenvalue weighted by Gasteiger charge is 2.68. The summed E-state index contributed by atoms with van der Waals surface area (Å²) >= 11 is 0. The van der Waals surface area contributed by atoms with E-state index in [1.54, 1.807) is 13.8 Å². The van der Waals surface area contributed by atoms with Gasteiger partial charge in [-0.25, -0.2) is 4.79 Å². The van der Waals surface area contributed by atoms with Crippen LogP contribution in [-0.4, -0.2) is 45.6 Å². The van der Waals surface area contributed by atoms with Crippen molar-refractivity contribution >= 4 is 11.9 Å². The van der Waals surface area contributed by atoms with E-state index in [1.165, 1.54) is 0 Å². The summed E-state index contributed by atoms with van der Waals surface area (Å²) < 4.78 is 10.9. The van der Waals surface area contributed by atoms with E-state index in [9.17, 15) is 19.8 Å². The third-order valence-corrected chi connectivity index (χ3v) is 6.88. The third kappa shape index (κ3) is 3.08. The van der Waals surface area contributed by atoms with E-state index in [2.05, 4.69) is 0 Å². The van der Waals surface area contributed by atoms with Crippen molar-refractivity contribution in [1.82, 2.24) is 0 Å². The third-order valence-electron chi connectivity index (χ3n) is 6.88. The molecular formula is C19H30O6. The average Bonchev–Trinajstić information content (AvgIpc) is 2.48. The lowest BCUT2D eigenvalue weighted by Crippen LogP contribution is -2.71. The van der Waals surface area contributed by atoms with Gasteiger partial charge in [-0.3, -0.25) is 4.79 Å². The Morgan fingerprint density at radius 1 is 1.16 bits per heavy atom. The predicted octanol–water partition coefficient (Wildman–Crippen LogP) is 1.95. The Bertz CT molecular complexity index is 586. The molecule has 142 valence electrons. The van der Waals surface area contributed by atoms with Crippen LogP contribution in [0.5, 0.6) is 0 Å². The van der Waals surface area contributed by atoms with Gasteiger partial charge in [-0.1, -0.05) is 13.8 Å². The summed E-state index contributed by atoms with van der Waals surface area (Å²) in [5, 5.41) is 21.7. The summed E-state index contributed by atoms with van der Waals surface area (Å²) in [6.07, 6.45) is 3.26. The number of rotatable bonds is 5. The highest BCUT2D eigenvalue weighted by Crippen LogP contribution is 2.63. The Balaban J connectivity index is 1.68. The quantitative estimate of drug-likeness (QED) is 0.733. The number of carbonyl (C=O) groups is 2. The van der Waals surface area contributed by atoms with Crippen LogP contribution < -0.4 is 0 Å². The fourth-order valence-corrected chi connectivity index (χ4v) is 5.26. The Morgan fingerprint density at radius 3 is 2.44 bits per heavy atom. The molecular weight excluding hydrogens is 324 g/mol. The number of hydrogen-bond acceptors (Lipinski definition) is 6. The normalized spacial score (nSPS) is 42.3. The van der Waals surface area contributed by atoms with Crippen LogP contribution in [-0.2, 0) is 19.1 Å². The van der Waals surface area contributed by atoms with E-state index in [0.29, 0.717) is 38.5 Å². The Hall–Kier alpha value is -1.14. The van der Waals surface area contributed by atoms with Gasteiger partial charge in [-0.05, 0) is 45.4 Å². The summed E-state index contributed by atoms with van der Waals surface area (Å²) in [5.74, 6) is -1.13. The number of ether oxygens (including phenoxy) is 2. The van der Waals surface area contributed by atoms with Gasteiger partial charge < -0.3 is 19.7 Å². The predicted molar refractivity (Wildman–Crippen MR) is 89.5 cm³/mol. The van der Waals surface area contributed by atoms with Crippen molar-refractivity contribution in [3.63, 3.8) is 0 Å². The first-order valence-corrected chi connectivity index (χ1v) is 9.28. The average molecular weight is 354 g/mol. The van der Waals surface area contributed by atoms with E-state index in [4.69, 9.17) is 9.47 Å². The molecule has 0 aromatic heterocycles. The maximum atomic E-state index is 12.3. The molecule has 5 atom stereocenters. The van der Waals surface area contributed by atoms with Gasteiger partial charge in [-0.15, -0.1) is 0 Å². The molecule has 4 bridgehead atoms. The molecule has 4 saturated carbocycles. The van der Waals surface area contributed by atoms with Crippen LogP contribution in [0.25, 0.3) is 0 Å². The lowest BCUT2D eigenvalue weighted by molar-refractivity contribution is -0.290. The molecule has 0 saturated heterocycles. The standard InChI is InChI=1S/C19H30O6/c1-5-16(3,4)15(21)24-9-14(20)25-19-8-13-6-17(22,11-19)10-18(23,7-13)12(19)2/h12-13,22-23H,5-11H2,1-4H3. The van der Waals surface area contributed by atoms with Crippen LogP contribution in [0.3, 0.4) is 0 Å². The zero-order valence-corrected chi connectivity index (χ0v) is 15.6. The topological polar surface area (TPSA) is 93.1 Å². The lowest BCUT2D eigenvalue weighted by Gasteiger charge is -2.65. The lowest BCUT2D eigenvalue weighted by atomic mass is 9.46. The fourth-order valence-electron chi connectivity index (χ4n) is 5.26. The molecule has 0 aromatic rings. The SMILES string of the molecule is CCC(C)(C)C(=O)OCC(=O)OC12CC3CC(O)(CC(O)(C3)C1C)C2. The molecule has 0 spiro atoms. The van der Waals surface area contributed by atoms with E-state index >= 15 is 0 Å². The zero-order chi connectivity index (χ0) is 18.7. The molecule has 0 amide bonds. The first-order valence-electron chi connectivity index (χ1n) is 9.28. The first kappa shape index (κ1) is 18.6. The second-order valence-electron chi connectivity index (χ2n) is 9.23. The van der Waals surface area contributed by atoms with Crippen molar-refractivity contribution in [1.29, 1.82) is 0 Å². The summed E-state index contributed by atoms with van der Waals surface area (Å²) in [7, 11) is 0. The highest BCUT2D eigenvalue weighted by atomic mass is 16.6. The molecule has 0 radical (unpaired) electrons. The Kier molecular flexibility index (Phi) is 4.24. The molecule has 4 fully saturated rings. The van der Waals surface area contributed by atoms with Gasteiger partial charge in [0, 0.05) is 18.8 Å². The van der Waals surface area contributed by atoms with Crippen molar-refractivity contribution in [2.45, 2.75) is 83.0 Å². The van der Waals surface area contributed by atoms with Gasteiger partial charge in [0.1, 0.15) is 5.60 Å². The minimum absolute atomic E-state index is 0.156. The number of aliphatic hydroxyl groups is 2. The zero-order valence-electron chi connectivity index (χ0n) is 15.6. The molecule has 4 rings (SSSR count). The second-order valence-corrected chi connectivity index (χ2v) is 9.23. The number of carbonyl (C=O) groups excluding carboxylic acids is 2. The summed E-state index contributed by atoms with van der Waals surface area (Å²) in [6, 6.07) is 0. The summed E-state index contributed by atoms with van der Waals surface area (Å²) in [6.45, 7) is 6.89. The molecule has 0 aromatic carbocycles. The van der Waals surface area contributed by atoms with E-state index < -0.39 is 40.8 Å². The smallest absolute Gasteiger partial charge is 0.344 e. The molecule has 4 aliphatic carbocycles. The van der Waals surface area contributed by atoms with Crippen LogP contribution in [0.4, 0.5) is 0 Å². The fraction of sp³-hybridized carbons (Fsp3) is 0.895. The highest BCUT2D eigenvalue weighted by molar-refractivity contribution is 5.80. The maximum Gasteiger partial charge on any atom is 0.344 e. The summed E-state index contributed by atoms with van der Waals surface area (Å²) in [5.41, 5.74) is -3.47. The Labute approximate surface area is 148 Å². The molecule has 2 N–H and O–H groups in total. The number of esters is 2. The van der Waals surface area contributed by atoms with Gasteiger partial charge in [0.05, 0.1) is 16.6 Å². The maximum absolute atomic E-state index is 12.3. The van der Waals surface area contributed by atoms with E-state index in [0.717, 1.165) is 0 Å². The van der Waals surface area contributed by atoms with Crippen molar-refractivity contribution in [3.05, 3.63) is 0 Å². The van der Waals surface area contributed by atoms with Gasteiger partial charge in [0.2, 0.25) is 0 Å². The van der Waals surface area contributed by atoms with E-state index in [-0.39, 0.29) is 11.8 Å². The minimum atomic E-state index is -0.991. The molecule has 6 nitrogen and oxygen atoms in total. The second kappa shape index (κ2) is 5.68. The molecule has 25 heavy (non-hydrogen) atoms. The van der Waals surface area contributed by atoms with Gasteiger partial charge >= 0.3 is 11.9 Å². The van der Waals surface area contributed by atoms with Crippen LogP contribution in [0.2, 0.25) is 0 Å². The van der Waals surface area contributed by atoms with Crippen molar-refractivity contribution in [2.24, 2.45) is 17.3 Å². The molecule has 0 aliphatic heterocycles. The van der Waals surface area contributed by atoms with Crippen LogP contribution in [0, 0.1) is 17.3 Å². The van der Waals surface area contributed by atoms with Gasteiger partial charge in [0.15, 0.2) is 6.61 Å². The van der Waals surface area contributed by atoms with Crippen LogP contribution >= 0.6 is 0 Å². The molecule has 0 heterocycles. The minimum Gasteiger partial charge on any atom is -0.456 e. The van der Waals surface area contributed by atoms with Crippen molar-refractivity contribution < 1.29 is 29.3 Å². The largest absolute Gasteiger partial charge is 0.456 e. The summed E-state index contributed by atoms with van der Waals surface area (Å²) in [4.78, 5) is 24.4. The first-order chi connectivity index (χ1) is 11.4. The monoisotopic (exact) mass is 354 g/mol. The van der Waals surface area contributed by atoms with Crippen LogP contribution in [0.1, 0.15) is 66.2 Å². The van der Waals surface area contributed by atoms with E-state index in [1.807, 2.05) is 13.8 Å². The van der Waals surface area contributed by atoms with Gasteiger partial charge in [-0.2, -0.15) is 0 Å². The molecule has 5 unspecified atom stereocenters. The van der Waals surface area contributed by atoms with Crippen molar-refractivity contribution in [2.75, 3.05) is 6.61 Å². The van der Waals surface area contributed by atoms with Crippen molar-refractivity contribution in [3.8, 4) is 0 Å². The Morgan fingerprint density at radius 2 is 1.84 bits per heavy atom. The molecule has 4 aliphatic rings. The van der Waals surface area contributed by atoms with Crippen LogP contribution in [0.15, 0.2) is 0 Å². The molecule has 6 heteroatoms. The number of hydrogen-bond donors (Lipinski definition) is 2. The van der Waals surface area contributed by atoms with Gasteiger partial charge in [0.25, 0.3) is 0 Å².